The lowest BCUT2D eigenvalue weighted by Gasteiger charge is -2.06. The lowest BCUT2D eigenvalue weighted by atomic mass is 10.1. The van der Waals surface area contributed by atoms with Crippen molar-refractivity contribution in [2.45, 2.75) is 0 Å². The van der Waals surface area contributed by atoms with Crippen LogP contribution in [0, 0.1) is 0 Å². The van der Waals surface area contributed by atoms with Crippen LogP contribution in [0.15, 0.2) is 54.7 Å². The highest BCUT2D eigenvalue weighted by Crippen LogP contribution is 2.27. The standard InChI is InChI=1S/C17H13N3/c1-18-13-6-4-11-9-12-5-7-15-14(3-2-8-19-15)17(12)20-16(11)10-13/h2-10,18H,1H3. The van der Waals surface area contributed by atoms with E-state index in [2.05, 4.69) is 46.7 Å². The summed E-state index contributed by atoms with van der Waals surface area (Å²) in [6, 6.07) is 16.6. The molecule has 2 heterocycles. The first-order valence-corrected chi connectivity index (χ1v) is 6.61. The predicted octanol–water partition coefficient (Wildman–Crippen LogP) is 3.98. The Labute approximate surface area is 116 Å². The van der Waals surface area contributed by atoms with Crippen LogP contribution in [0.2, 0.25) is 0 Å². The molecule has 0 saturated heterocycles. The molecule has 0 saturated carbocycles. The van der Waals surface area contributed by atoms with E-state index in [-0.39, 0.29) is 0 Å². The lowest BCUT2D eigenvalue weighted by Crippen LogP contribution is -1.90. The SMILES string of the molecule is CNc1ccc2cc3ccc4ncccc4c3nc2c1. The number of anilines is 1. The summed E-state index contributed by atoms with van der Waals surface area (Å²) in [5, 5.41) is 6.55. The molecule has 4 rings (SSSR count). The first-order chi connectivity index (χ1) is 9.85. The van der Waals surface area contributed by atoms with E-state index in [1.165, 1.54) is 0 Å². The molecule has 0 radical (unpaired) electrons. The van der Waals surface area contributed by atoms with Crippen molar-refractivity contribution in [2.24, 2.45) is 0 Å². The van der Waals surface area contributed by atoms with Gasteiger partial charge in [-0.05, 0) is 36.4 Å². The van der Waals surface area contributed by atoms with Crippen molar-refractivity contribution in [1.29, 1.82) is 0 Å². The number of rotatable bonds is 1. The second-order valence-electron chi connectivity index (χ2n) is 4.85. The minimum Gasteiger partial charge on any atom is -0.388 e. The number of pyridine rings is 2. The molecule has 3 heteroatoms. The van der Waals surface area contributed by atoms with E-state index in [1.807, 2.05) is 25.4 Å². The molecule has 0 amide bonds. The Kier molecular flexibility index (Phi) is 2.33. The molecule has 2 aromatic heterocycles. The molecule has 1 N–H and O–H groups in total. The zero-order chi connectivity index (χ0) is 13.5. The molecule has 0 aliphatic heterocycles. The van der Waals surface area contributed by atoms with Crippen molar-refractivity contribution in [3.8, 4) is 0 Å². The largest absolute Gasteiger partial charge is 0.388 e. The summed E-state index contributed by atoms with van der Waals surface area (Å²) in [6.45, 7) is 0. The van der Waals surface area contributed by atoms with E-state index < -0.39 is 0 Å². The topological polar surface area (TPSA) is 37.8 Å². The van der Waals surface area contributed by atoms with Crippen molar-refractivity contribution in [3.63, 3.8) is 0 Å². The molecule has 96 valence electrons. The molecule has 3 nitrogen and oxygen atoms in total. The first-order valence-electron chi connectivity index (χ1n) is 6.61. The van der Waals surface area contributed by atoms with E-state index in [4.69, 9.17) is 4.98 Å². The van der Waals surface area contributed by atoms with Gasteiger partial charge in [-0.25, -0.2) is 4.98 Å². The van der Waals surface area contributed by atoms with Crippen LogP contribution in [0.25, 0.3) is 32.7 Å². The van der Waals surface area contributed by atoms with Gasteiger partial charge in [0.25, 0.3) is 0 Å². The quantitative estimate of drug-likeness (QED) is 0.415. The lowest BCUT2D eigenvalue weighted by molar-refractivity contribution is 1.41. The minimum atomic E-state index is 0.983. The average molecular weight is 259 g/mol. The molecule has 2 aromatic carbocycles. The van der Waals surface area contributed by atoms with Gasteiger partial charge in [0.05, 0.1) is 16.6 Å². The number of nitrogens with zero attached hydrogens (tertiary/aromatic N) is 2. The molecule has 4 aromatic rings. The second-order valence-corrected chi connectivity index (χ2v) is 4.85. The summed E-state index contributed by atoms with van der Waals surface area (Å²) in [5.74, 6) is 0. The van der Waals surface area contributed by atoms with Gasteiger partial charge in [0, 0.05) is 35.1 Å². The average Bonchev–Trinajstić information content (AvgIpc) is 2.52. The van der Waals surface area contributed by atoms with Gasteiger partial charge in [0.2, 0.25) is 0 Å². The molecule has 0 aliphatic carbocycles. The Morgan fingerprint density at radius 2 is 1.80 bits per heavy atom. The van der Waals surface area contributed by atoms with Crippen molar-refractivity contribution in [3.05, 3.63) is 54.7 Å². The molecule has 0 aliphatic rings. The minimum absolute atomic E-state index is 0.983. The molecule has 20 heavy (non-hydrogen) atoms. The maximum atomic E-state index is 4.83. The van der Waals surface area contributed by atoms with Crippen LogP contribution in [0.4, 0.5) is 5.69 Å². The number of aromatic nitrogens is 2. The highest BCUT2D eigenvalue weighted by atomic mass is 14.8. The summed E-state index contributed by atoms with van der Waals surface area (Å²) in [7, 11) is 1.92. The van der Waals surface area contributed by atoms with E-state index >= 15 is 0 Å². The van der Waals surface area contributed by atoms with Gasteiger partial charge >= 0.3 is 0 Å². The zero-order valence-electron chi connectivity index (χ0n) is 11.1. The van der Waals surface area contributed by atoms with Crippen LogP contribution in [0.1, 0.15) is 0 Å². The van der Waals surface area contributed by atoms with Gasteiger partial charge < -0.3 is 5.32 Å². The third kappa shape index (κ3) is 1.60. The van der Waals surface area contributed by atoms with Crippen molar-refractivity contribution in [2.75, 3.05) is 12.4 Å². The van der Waals surface area contributed by atoms with Gasteiger partial charge in [-0.2, -0.15) is 0 Å². The summed E-state index contributed by atoms with van der Waals surface area (Å²) in [4.78, 5) is 9.23. The van der Waals surface area contributed by atoms with Gasteiger partial charge in [-0.3, -0.25) is 4.98 Å². The number of benzene rings is 2. The Morgan fingerprint density at radius 1 is 0.900 bits per heavy atom. The third-order valence-corrected chi connectivity index (χ3v) is 3.65. The van der Waals surface area contributed by atoms with Gasteiger partial charge in [0.1, 0.15) is 0 Å². The smallest absolute Gasteiger partial charge is 0.0803 e. The summed E-state index contributed by atoms with van der Waals surface area (Å²) in [6.07, 6.45) is 1.81. The van der Waals surface area contributed by atoms with Crippen molar-refractivity contribution in [1.82, 2.24) is 9.97 Å². The molecule has 0 bridgehead atoms. The third-order valence-electron chi connectivity index (χ3n) is 3.65. The Balaban J connectivity index is 2.16. The fourth-order valence-electron chi connectivity index (χ4n) is 2.60. The number of fused-ring (bicyclic) bond motifs is 4. The second kappa shape index (κ2) is 4.17. The maximum absolute atomic E-state index is 4.83. The van der Waals surface area contributed by atoms with Crippen LogP contribution in [0.3, 0.4) is 0 Å². The van der Waals surface area contributed by atoms with Crippen molar-refractivity contribution < 1.29 is 0 Å². The molecular formula is C17H13N3. The fourth-order valence-corrected chi connectivity index (χ4v) is 2.60. The Morgan fingerprint density at radius 3 is 2.70 bits per heavy atom. The van der Waals surface area contributed by atoms with Crippen LogP contribution >= 0.6 is 0 Å². The monoisotopic (exact) mass is 259 g/mol. The van der Waals surface area contributed by atoms with Crippen LogP contribution < -0.4 is 5.32 Å². The van der Waals surface area contributed by atoms with Crippen molar-refractivity contribution >= 4 is 38.4 Å². The van der Waals surface area contributed by atoms with E-state index in [0.717, 1.165) is 38.4 Å². The van der Waals surface area contributed by atoms with E-state index in [0.29, 0.717) is 0 Å². The highest BCUT2D eigenvalue weighted by molar-refractivity contribution is 6.07. The summed E-state index contributed by atoms with van der Waals surface area (Å²) >= 11 is 0. The van der Waals surface area contributed by atoms with E-state index in [9.17, 15) is 0 Å². The van der Waals surface area contributed by atoms with Gasteiger partial charge in [-0.1, -0.05) is 12.1 Å². The van der Waals surface area contributed by atoms with Crippen LogP contribution in [-0.4, -0.2) is 17.0 Å². The predicted molar refractivity (Wildman–Crippen MR) is 84.1 cm³/mol. The van der Waals surface area contributed by atoms with Gasteiger partial charge in [-0.15, -0.1) is 0 Å². The van der Waals surface area contributed by atoms with Crippen LogP contribution in [0.5, 0.6) is 0 Å². The van der Waals surface area contributed by atoms with Crippen LogP contribution in [-0.2, 0) is 0 Å². The normalized spacial score (nSPS) is 11.2. The zero-order valence-corrected chi connectivity index (χ0v) is 11.1. The fraction of sp³-hybridized carbons (Fsp3) is 0.0588. The molecule has 0 spiro atoms. The Bertz CT molecular complexity index is 944. The van der Waals surface area contributed by atoms with E-state index in [1.54, 1.807) is 0 Å². The van der Waals surface area contributed by atoms with Gasteiger partial charge in [0.15, 0.2) is 0 Å². The number of nitrogens with one attached hydrogen (secondary N) is 1. The molecule has 0 atom stereocenters. The summed E-state index contributed by atoms with van der Waals surface area (Å²) in [5.41, 5.74) is 4.07. The Hall–Kier alpha value is -2.68. The molecule has 0 unspecified atom stereocenters. The first kappa shape index (κ1) is 11.2. The maximum Gasteiger partial charge on any atom is 0.0803 e. The summed E-state index contributed by atoms with van der Waals surface area (Å²) < 4.78 is 0. The number of hydrogen-bond donors (Lipinski definition) is 1. The highest BCUT2D eigenvalue weighted by Gasteiger charge is 2.05. The molecule has 0 fully saturated rings. The number of hydrogen-bond acceptors (Lipinski definition) is 3. The molecular weight excluding hydrogens is 246 g/mol.